The lowest BCUT2D eigenvalue weighted by Gasteiger charge is -2.06. The molecule has 2 rings (SSSR count). The molecule has 2 aromatic rings. The molecule has 2 heterocycles. The van der Waals surface area contributed by atoms with Crippen LogP contribution in [0.3, 0.4) is 0 Å². The third kappa shape index (κ3) is 2.13. The van der Waals surface area contributed by atoms with Crippen molar-refractivity contribution in [1.29, 1.82) is 0 Å². The molecule has 0 aliphatic heterocycles. The van der Waals surface area contributed by atoms with E-state index in [-0.39, 0.29) is 10.7 Å². The number of carbonyl (C=O) groups excluding carboxylic acids is 1. The topological polar surface area (TPSA) is 99.8 Å². The summed E-state index contributed by atoms with van der Waals surface area (Å²) in [5, 5.41) is 0. The molecule has 17 heavy (non-hydrogen) atoms. The first kappa shape index (κ1) is 11.2. The Hall–Kier alpha value is -2.28. The first-order valence-corrected chi connectivity index (χ1v) is 5.10. The minimum Gasteiger partial charge on any atom is -0.387 e. The van der Waals surface area contributed by atoms with Crippen LogP contribution in [0.15, 0.2) is 30.7 Å². The molecule has 2 aromatic heterocycles. The standard InChI is InChI=1S/C10H9N5OS/c11-8(16)7-5-6(1-2-13-7)15-4-3-14-10(15)9(12)17/h1-5H,(H2,11,16)(H2,12,17). The molecule has 0 radical (unpaired) electrons. The second kappa shape index (κ2) is 4.30. The number of nitrogens with zero attached hydrogens (tertiary/aromatic N) is 3. The average Bonchev–Trinajstić information content (AvgIpc) is 2.78. The average molecular weight is 247 g/mol. The van der Waals surface area contributed by atoms with Crippen molar-refractivity contribution in [2.45, 2.75) is 0 Å². The van der Waals surface area contributed by atoms with E-state index in [1.54, 1.807) is 29.1 Å². The SMILES string of the molecule is NC(=O)c1cc(-n2ccnc2C(N)=S)ccn1. The van der Waals surface area contributed by atoms with Crippen LogP contribution in [0, 0.1) is 0 Å². The lowest BCUT2D eigenvalue weighted by Crippen LogP contribution is -2.17. The Balaban J connectivity index is 2.53. The normalized spacial score (nSPS) is 10.1. The van der Waals surface area contributed by atoms with Crippen LogP contribution in [0.25, 0.3) is 5.69 Å². The van der Waals surface area contributed by atoms with Crippen molar-refractivity contribution in [2.75, 3.05) is 0 Å². The molecule has 0 fully saturated rings. The van der Waals surface area contributed by atoms with Crippen molar-refractivity contribution >= 4 is 23.1 Å². The largest absolute Gasteiger partial charge is 0.387 e. The van der Waals surface area contributed by atoms with E-state index in [2.05, 4.69) is 9.97 Å². The van der Waals surface area contributed by atoms with E-state index in [9.17, 15) is 4.79 Å². The second-order valence-electron chi connectivity index (χ2n) is 3.25. The van der Waals surface area contributed by atoms with Gasteiger partial charge in [0.2, 0.25) is 0 Å². The summed E-state index contributed by atoms with van der Waals surface area (Å²) in [6, 6.07) is 3.25. The fraction of sp³-hybridized carbons (Fsp3) is 0. The number of hydrogen-bond acceptors (Lipinski definition) is 4. The first-order valence-electron chi connectivity index (χ1n) is 4.69. The van der Waals surface area contributed by atoms with Gasteiger partial charge in [-0.3, -0.25) is 14.3 Å². The highest BCUT2D eigenvalue weighted by Gasteiger charge is 2.09. The quantitative estimate of drug-likeness (QED) is 0.744. The minimum atomic E-state index is -0.594. The number of carbonyl (C=O) groups is 1. The zero-order valence-electron chi connectivity index (χ0n) is 8.70. The molecule has 0 aliphatic carbocycles. The number of amides is 1. The maximum absolute atomic E-state index is 11.0. The van der Waals surface area contributed by atoms with E-state index in [1.807, 2.05) is 0 Å². The van der Waals surface area contributed by atoms with Gasteiger partial charge in [-0.25, -0.2) is 4.98 Å². The molecule has 0 bridgehead atoms. The van der Waals surface area contributed by atoms with Gasteiger partial charge in [0.15, 0.2) is 5.82 Å². The molecule has 0 saturated heterocycles. The van der Waals surface area contributed by atoms with Gasteiger partial charge in [-0.05, 0) is 12.1 Å². The van der Waals surface area contributed by atoms with E-state index in [0.717, 1.165) is 0 Å². The van der Waals surface area contributed by atoms with E-state index < -0.39 is 5.91 Å². The molecule has 0 unspecified atom stereocenters. The second-order valence-corrected chi connectivity index (χ2v) is 3.69. The highest BCUT2D eigenvalue weighted by Crippen LogP contribution is 2.11. The van der Waals surface area contributed by atoms with Crippen molar-refractivity contribution < 1.29 is 4.79 Å². The lowest BCUT2D eigenvalue weighted by atomic mass is 10.3. The summed E-state index contributed by atoms with van der Waals surface area (Å²) >= 11 is 4.87. The van der Waals surface area contributed by atoms with E-state index in [1.165, 1.54) is 6.20 Å². The van der Waals surface area contributed by atoms with Crippen molar-refractivity contribution in [3.8, 4) is 5.69 Å². The maximum Gasteiger partial charge on any atom is 0.267 e. The smallest absolute Gasteiger partial charge is 0.267 e. The van der Waals surface area contributed by atoms with E-state index in [4.69, 9.17) is 23.7 Å². The molecule has 0 aromatic carbocycles. The highest BCUT2D eigenvalue weighted by molar-refractivity contribution is 7.80. The number of rotatable bonds is 3. The van der Waals surface area contributed by atoms with Gasteiger partial charge in [-0.1, -0.05) is 12.2 Å². The number of aromatic nitrogens is 3. The Morgan fingerprint density at radius 2 is 2.06 bits per heavy atom. The molecule has 7 heteroatoms. The zero-order chi connectivity index (χ0) is 12.4. The van der Waals surface area contributed by atoms with Crippen LogP contribution in [-0.4, -0.2) is 25.4 Å². The summed E-state index contributed by atoms with van der Waals surface area (Å²) < 4.78 is 1.66. The Morgan fingerprint density at radius 1 is 1.29 bits per heavy atom. The maximum atomic E-state index is 11.0. The lowest BCUT2D eigenvalue weighted by molar-refractivity contribution is 0.0995. The summed E-state index contributed by atoms with van der Waals surface area (Å²) in [6.45, 7) is 0. The molecule has 86 valence electrons. The highest BCUT2D eigenvalue weighted by atomic mass is 32.1. The fourth-order valence-corrected chi connectivity index (χ4v) is 1.55. The summed E-state index contributed by atoms with van der Waals surface area (Å²) in [5.41, 5.74) is 11.5. The summed E-state index contributed by atoms with van der Waals surface area (Å²) in [4.78, 5) is 19.1. The summed E-state index contributed by atoms with van der Waals surface area (Å²) in [7, 11) is 0. The molecule has 0 atom stereocenters. The van der Waals surface area contributed by atoms with Gasteiger partial charge in [-0.15, -0.1) is 0 Å². The van der Waals surface area contributed by atoms with Crippen LogP contribution in [0.4, 0.5) is 0 Å². The summed E-state index contributed by atoms with van der Waals surface area (Å²) in [5.74, 6) is -0.148. The Labute approximate surface area is 102 Å². The zero-order valence-corrected chi connectivity index (χ0v) is 9.52. The van der Waals surface area contributed by atoms with Gasteiger partial charge < -0.3 is 11.5 Å². The third-order valence-electron chi connectivity index (χ3n) is 2.14. The van der Waals surface area contributed by atoms with Gasteiger partial charge in [0.05, 0.1) is 5.69 Å². The van der Waals surface area contributed by atoms with Crippen LogP contribution in [-0.2, 0) is 0 Å². The van der Waals surface area contributed by atoms with Crippen LogP contribution in [0.5, 0.6) is 0 Å². The molecule has 0 spiro atoms. The van der Waals surface area contributed by atoms with Crippen molar-refractivity contribution in [2.24, 2.45) is 11.5 Å². The fourth-order valence-electron chi connectivity index (χ4n) is 1.40. The molecular formula is C10H9N5OS. The number of pyridine rings is 1. The van der Waals surface area contributed by atoms with E-state index >= 15 is 0 Å². The predicted molar refractivity (Wildman–Crippen MR) is 65.8 cm³/mol. The number of hydrogen-bond donors (Lipinski definition) is 2. The van der Waals surface area contributed by atoms with Crippen molar-refractivity contribution in [3.05, 3.63) is 42.2 Å². The summed E-state index contributed by atoms with van der Waals surface area (Å²) in [6.07, 6.45) is 4.74. The van der Waals surface area contributed by atoms with E-state index in [0.29, 0.717) is 11.5 Å². The number of primary amides is 1. The number of thiocarbonyl (C=S) groups is 1. The van der Waals surface area contributed by atoms with Gasteiger partial charge in [0.25, 0.3) is 5.91 Å². The number of imidazole rings is 1. The predicted octanol–water partition coefficient (Wildman–Crippen LogP) is 0.000400. The van der Waals surface area contributed by atoms with Gasteiger partial charge in [0.1, 0.15) is 10.7 Å². The Kier molecular flexibility index (Phi) is 2.84. The van der Waals surface area contributed by atoms with Gasteiger partial charge >= 0.3 is 0 Å². The van der Waals surface area contributed by atoms with Crippen LogP contribution < -0.4 is 11.5 Å². The molecule has 6 nitrogen and oxygen atoms in total. The van der Waals surface area contributed by atoms with Gasteiger partial charge in [-0.2, -0.15) is 0 Å². The Bertz CT molecular complexity index is 592. The third-order valence-corrected chi connectivity index (χ3v) is 2.32. The molecule has 0 saturated carbocycles. The van der Waals surface area contributed by atoms with Crippen molar-refractivity contribution in [3.63, 3.8) is 0 Å². The van der Waals surface area contributed by atoms with Crippen molar-refractivity contribution in [1.82, 2.24) is 14.5 Å². The van der Waals surface area contributed by atoms with Crippen LogP contribution in [0.2, 0.25) is 0 Å². The molecule has 0 aliphatic rings. The molecular weight excluding hydrogens is 238 g/mol. The number of nitrogens with two attached hydrogens (primary N) is 2. The monoisotopic (exact) mass is 247 g/mol. The van der Waals surface area contributed by atoms with Gasteiger partial charge in [0, 0.05) is 18.6 Å². The molecule has 1 amide bonds. The Morgan fingerprint density at radius 3 is 2.71 bits per heavy atom. The van der Waals surface area contributed by atoms with Crippen LogP contribution >= 0.6 is 12.2 Å². The molecule has 4 N–H and O–H groups in total. The first-order chi connectivity index (χ1) is 8.09. The minimum absolute atomic E-state index is 0.171. The van der Waals surface area contributed by atoms with Crippen LogP contribution in [0.1, 0.15) is 16.3 Å².